The fraction of sp³-hybridized carbons (Fsp3) is 0.308. The summed E-state index contributed by atoms with van der Waals surface area (Å²) >= 11 is 0. The predicted octanol–water partition coefficient (Wildman–Crippen LogP) is 1.94. The second kappa shape index (κ2) is 4.70. The van der Waals surface area contributed by atoms with Crippen LogP contribution in [0.25, 0.3) is 5.57 Å². The zero-order valence-electron chi connectivity index (χ0n) is 10.7. The van der Waals surface area contributed by atoms with E-state index in [1.165, 1.54) is 7.05 Å². The molecule has 0 heterocycles. The Morgan fingerprint density at radius 2 is 1.89 bits per heavy atom. The summed E-state index contributed by atoms with van der Waals surface area (Å²) in [6.45, 7) is 0. The maximum Gasteiger partial charge on any atom is 0.161 e. The van der Waals surface area contributed by atoms with E-state index in [0.29, 0.717) is 17.1 Å². The summed E-state index contributed by atoms with van der Waals surface area (Å²) < 4.78 is 10.5. The van der Waals surface area contributed by atoms with Gasteiger partial charge in [-0.1, -0.05) is 6.08 Å². The van der Waals surface area contributed by atoms with Crippen LogP contribution in [-0.4, -0.2) is 37.4 Å². The third-order valence-corrected chi connectivity index (χ3v) is 3.00. The first-order valence-electron chi connectivity index (χ1n) is 5.55. The molecular weight excluding hydrogens is 232 g/mol. The number of ether oxygens (including phenoxy) is 2. The number of methoxy groups -OCH3 is 2. The highest BCUT2D eigenvalue weighted by Gasteiger charge is 2.22. The summed E-state index contributed by atoms with van der Waals surface area (Å²) in [6, 6.07) is 3.74. The van der Waals surface area contributed by atoms with E-state index in [2.05, 4.69) is 0 Å². The van der Waals surface area contributed by atoms with Crippen molar-refractivity contribution in [3.8, 4) is 11.5 Å². The van der Waals surface area contributed by atoms with Crippen LogP contribution >= 0.6 is 0 Å². The van der Waals surface area contributed by atoms with E-state index in [1.54, 1.807) is 14.2 Å². The number of benzene rings is 1. The third kappa shape index (κ3) is 1.93. The lowest BCUT2D eigenvalue weighted by Crippen LogP contribution is -2.22. The quantitative estimate of drug-likeness (QED) is 0.487. The zero-order chi connectivity index (χ0) is 13.3. The van der Waals surface area contributed by atoms with E-state index < -0.39 is 0 Å². The van der Waals surface area contributed by atoms with Crippen LogP contribution in [0.5, 0.6) is 11.5 Å². The number of nitrogens with zero attached hydrogens (tertiary/aromatic N) is 1. The summed E-state index contributed by atoms with van der Waals surface area (Å²) in [6.07, 6.45) is 2.64. The highest BCUT2D eigenvalue weighted by molar-refractivity contribution is 6.22. The number of hydrogen-bond acceptors (Lipinski definition) is 4. The minimum Gasteiger partial charge on any atom is -0.493 e. The Kier molecular flexibility index (Phi) is 3.25. The molecule has 0 saturated heterocycles. The molecule has 0 aliphatic heterocycles. The van der Waals surface area contributed by atoms with Crippen molar-refractivity contribution in [2.24, 2.45) is 0 Å². The molecule has 96 valence electrons. The van der Waals surface area contributed by atoms with Crippen LogP contribution in [0.4, 0.5) is 0 Å². The molecule has 0 spiro atoms. The summed E-state index contributed by atoms with van der Waals surface area (Å²) in [5, 5.41) is 18.0. The molecule has 0 fully saturated rings. The molecule has 1 aromatic carbocycles. The SMILES string of the molecule is COc1cc2c(cc1OC)C(C(=N)N(C)O)=CC2. The van der Waals surface area contributed by atoms with Gasteiger partial charge in [0.2, 0.25) is 0 Å². The standard InChI is InChI=1S/C13H16N2O3/c1-15(16)13(14)9-5-4-8-6-11(17-2)12(18-3)7-10(8)9/h5-7,14,16H,4H2,1-3H3. The molecule has 5 heteroatoms. The molecule has 2 N–H and O–H groups in total. The Bertz CT molecular complexity index is 521. The Labute approximate surface area is 106 Å². The minimum atomic E-state index is 0.0703. The van der Waals surface area contributed by atoms with Gasteiger partial charge in [-0.15, -0.1) is 0 Å². The summed E-state index contributed by atoms with van der Waals surface area (Å²) in [7, 11) is 4.60. The number of fused-ring (bicyclic) bond motifs is 1. The Hall–Kier alpha value is -2.01. The van der Waals surface area contributed by atoms with Gasteiger partial charge in [0.15, 0.2) is 17.3 Å². The van der Waals surface area contributed by atoms with Crippen LogP contribution in [0.3, 0.4) is 0 Å². The number of rotatable bonds is 3. The number of likely N-dealkylation sites (N-methyl/N-ethyl adjacent to an activating group) is 1. The molecular formula is C13H16N2O3. The van der Waals surface area contributed by atoms with Crippen molar-refractivity contribution in [1.29, 1.82) is 5.41 Å². The largest absolute Gasteiger partial charge is 0.493 e. The molecule has 1 aromatic rings. The third-order valence-electron chi connectivity index (χ3n) is 3.00. The minimum absolute atomic E-state index is 0.0703. The van der Waals surface area contributed by atoms with E-state index >= 15 is 0 Å². The van der Waals surface area contributed by atoms with Gasteiger partial charge in [0.1, 0.15) is 0 Å². The van der Waals surface area contributed by atoms with Crippen molar-refractivity contribution in [3.63, 3.8) is 0 Å². The van der Waals surface area contributed by atoms with Gasteiger partial charge in [-0.3, -0.25) is 10.6 Å². The van der Waals surface area contributed by atoms with Crippen LogP contribution in [0, 0.1) is 5.41 Å². The van der Waals surface area contributed by atoms with Gasteiger partial charge < -0.3 is 9.47 Å². The van der Waals surface area contributed by atoms with Gasteiger partial charge in [-0.2, -0.15) is 0 Å². The van der Waals surface area contributed by atoms with E-state index in [4.69, 9.17) is 14.9 Å². The molecule has 2 rings (SSSR count). The lowest BCUT2D eigenvalue weighted by atomic mass is 10.0. The van der Waals surface area contributed by atoms with Gasteiger partial charge in [-0.25, -0.2) is 5.06 Å². The van der Waals surface area contributed by atoms with E-state index in [1.807, 2.05) is 18.2 Å². The van der Waals surface area contributed by atoms with Crippen molar-refractivity contribution in [2.45, 2.75) is 6.42 Å². The first kappa shape index (κ1) is 12.4. The second-order valence-corrected chi connectivity index (χ2v) is 4.06. The number of nitrogens with one attached hydrogen (secondary N) is 1. The highest BCUT2D eigenvalue weighted by Crippen LogP contribution is 2.37. The maximum absolute atomic E-state index is 9.35. The average Bonchev–Trinajstić information content (AvgIpc) is 2.78. The Balaban J connectivity index is 2.45. The lowest BCUT2D eigenvalue weighted by Gasteiger charge is -2.15. The van der Waals surface area contributed by atoms with Crippen LogP contribution in [-0.2, 0) is 6.42 Å². The first-order valence-corrected chi connectivity index (χ1v) is 5.55. The van der Waals surface area contributed by atoms with Crippen LogP contribution in [0.2, 0.25) is 0 Å². The van der Waals surface area contributed by atoms with Gasteiger partial charge in [0, 0.05) is 12.6 Å². The van der Waals surface area contributed by atoms with E-state index in [9.17, 15) is 5.21 Å². The van der Waals surface area contributed by atoms with Gasteiger partial charge in [0.05, 0.1) is 14.2 Å². The first-order chi connectivity index (χ1) is 8.58. The predicted molar refractivity (Wildman–Crippen MR) is 68.5 cm³/mol. The monoisotopic (exact) mass is 248 g/mol. The normalized spacial score (nSPS) is 12.8. The highest BCUT2D eigenvalue weighted by atomic mass is 16.5. The number of allylic oxidation sites excluding steroid dienone is 1. The topological polar surface area (TPSA) is 65.8 Å². The van der Waals surface area contributed by atoms with E-state index in [0.717, 1.165) is 22.6 Å². The van der Waals surface area contributed by atoms with Gasteiger partial charge in [-0.05, 0) is 29.7 Å². The smallest absolute Gasteiger partial charge is 0.161 e. The van der Waals surface area contributed by atoms with Gasteiger partial charge >= 0.3 is 0 Å². The number of hydrogen-bond donors (Lipinski definition) is 2. The summed E-state index contributed by atoms with van der Waals surface area (Å²) in [5.41, 5.74) is 2.67. The molecule has 18 heavy (non-hydrogen) atoms. The van der Waals surface area contributed by atoms with Crippen LogP contribution in [0.1, 0.15) is 11.1 Å². The second-order valence-electron chi connectivity index (χ2n) is 4.06. The van der Waals surface area contributed by atoms with Crippen molar-refractivity contribution in [1.82, 2.24) is 5.06 Å². The average molecular weight is 248 g/mol. The molecule has 0 atom stereocenters. The van der Waals surface area contributed by atoms with Gasteiger partial charge in [0.25, 0.3) is 0 Å². The molecule has 1 aliphatic rings. The number of hydroxylamine groups is 2. The Morgan fingerprint density at radius 3 is 2.44 bits per heavy atom. The van der Waals surface area contributed by atoms with E-state index in [-0.39, 0.29) is 5.84 Å². The van der Waals surface area contributed by atoms with Crippen molar-refractivity contribution in [3.05, 3.63) is 29.3 Å². The molecule has 0 radical (unpaired) electrons. The zero-order valence-corrected chi connectivity index (χ0v) is 10.7. The van der Waals surface area contributed by atoms with Crippen molar-refractivity contribution >= 4 is 11.4 Å². The Morgan fingerprint density at radius 1 is 1.28 bits per heavy atom. The summed E-state index contributed by atoms with van der Waals surface area (Å²) in [5.74, 6) is 1.37. The fourth-order valence-corrected chi connectivity index (χ4v) is 2.06. The molecule has 0 bridgehead atoms. The number of amidine groups is 1. The molecule has 0 amide bonds. The molecule has 0 saturated carbocycles. The molecule has 0 aromatic heterocycles. The van der Waals surface area contributed by atoms with Crippen LogP contribution in [0.15, 0.2) is 18.2 Å². The molecule has 5 nitrogen and oxygen atoms in total. The molecule has 0 unspecified atom stereocenters. The molecule has 1 aliphatic carbocycles. The van der Waals surface area contributed by atoms with Crippen molar-refractivity contribution < 1.29 is 14.7 Å². The van der Waals surface area contributed by atoms with Crippen LogP contribution < -0.4 is 9.47 Å². The van der Waals surface area contributed by atoms with Crippen molar-refractivity contribution in [2.75, 3.05) is 21.3 Å². The maximum atomic E-state index is 9.35. The summed E-state index contributed by atoms with van der Waals surface area (Å²) in [4.78, 5) is 0. The fourth-order valence-electron chi connectivity index (χ4n) is 2.06. The lowest BCUT2D eigenvalue weighted by molar-refractivity contribution is 0.0145.